The van der Waals surface area contributed by atoms with E-state index in [2.05, 4.69) is 50.4 Å². The molecule has 20 heavy (non-hydrogen) atoms. The van der Waals surface area contributed by atoms with Crippen LogP contribution in [0.5, 0.6) is 0 Å². The van der Waals surface area contributed by atoms with Crippen LogP contribution in [0.1, 0.15) is 69.4 Å². The first-order valence-corrected chi connectivity index (χ1v) is 8.34. The molecule has 0 aliphatic heterocycles. The van der Waals surface area contributed by atoms with E-state index in [1.54, 1.807) is 5.56 Å². The molecule has 0 saturated heterocycles. The Hall–Kier alpha value is -0.820. The highest BCUT2D eigenvalue weighted by atomic mass is 15.0. The van der Waals surface area contributed by atoms with Crippen molar-refractivity contribution in [2.45, 2.75) is 77.3 Å². The Kier molecular flexibility index (Phi) is 3.90. The highest BCUT2D eigenvalue weighted by molar-refractivity contribution is 5.27. The topological polar surface area (TPSA) is 12.0 Å². The third-order valence-electron chi connectivity index (χ3n) is 5.33. The lowest BCUT2D eigenvalue weighted by Crippen LogP contribution is -2.48. The van der Waals surface area contributed by atoms with Crippen molar-refractivity contribution in [3.63, 3.8) is 0 Å². The molecule has 2 aliphatic rings. The number of hydrogen-bond acceptors (Lipinski definition) is 1. The lowest BCUT2D eigenvalue weighted by atomic mass is 9.72. The summed E-state index contributed by atoms with van der Waals surface area (Å²) < 4.78 is 0. The average Bonchev–Trinajstić information content (AvgIpc) is 2.32. The first-order chi connectivity index (χ1) is 9.52. The van der Waals surface area contributed by atoms with Crippen molar-refractivity contribution >= 4 is 0 Å². The van der Waals surface area contributed by atoms with Gasteiger partial charge in [0.15, 0.2) is 0 Å². The maximum absolute atomic E-state index is 3.93. The highest BCUT2D eigenvalue weighted by Gasteiger charge is 2.34. The second-order valence-corrected chi connectivity index (χ2v) is 7.90. The van der Waals surface area contributed by atoms with E-state index < -0.39 is 0 Å². The first-order valence-electron chi connectivity index (χ1n) is 8.34. The largest absolute Gasteiger partial charge is 0.311 e. The molecule has 3 rings (SSSR count). The van der Waals surface area contributed by atoms with E-state index in [1.165, 1.54) is 44.1 Å². The first kappa shape index (κ1) is 14.1. The number of hydrogen-bond donors (Lipinski definition) is 1. The van der Waals surface area contributed by atoms with E-state index in [4.69, 9.17) is 0 Å². The average molecular weight is 271 g/mol. The predicted octanol–water partition coefficient (Wildman–Crippen LogP) is 4.80. The van der Waals surface area contributed by atoms with Gasteiger partial charge in [0, 0.05) is 12.1 Å². The maximum Gasteiger partial charge on any atom is 0.00813 e. The Labute approximate surface area is 124 Å². The molecule has 1 unspecified atom stereocenters. The molecular weight excluding hydrogens is 242 g/mol. The van der Waals surface area contributed by atoms with Gasteiger partial charge in [-0.2, -0.15) is 0 Å². The summed E-state index contributed by atoms with van der Waals surface area (Å²) in [6.07, 6.45) is 8.22. The molecule has 1 nitrogen and oxygen atoms in total. The quantitative estimate of drug-likeness (QED) is 0.832. The van der Waals surface area contributed by atoms with Crippen LogP contribution in [-0.4, -0.2) is 12.1 Å². The summed E-state index contributed by atoms with van der Waals surface area (Å²) in [7, 11) is 0. The minimum atomic E-state index is 0.551. The maximum atomic E-state index is 3.93. The van der Waals surface area contributed by atoms with Crippen molar-refractivity contribution in [3.8, 4) is 0 Å². The van der Waals surface area contributed by atoms with Gasteiger partial charge in [0.1, 0.15) is 0 Å². The fourth-order valence-corrected chi connectivity index (χ4v) is 4.12. The van der Waals surface area contributed by atoms with Crippen LogP contribution in [0.4, 0.5) is 0 Å². The molecule has 2 fully saturated rings. The molecule has 0 amide bonds. The molecule has 1 atom stereocenters. The van der Waals surface area contributed by atoms with Crippen LogP contribution in [0.3, 0.4) is 0 Å². The lowest BCUT2D eigenvalue weighted by molar-refractivity contribution is 0.165. The molecule has 0 radical (unpaired) electrons. The van der Waals surface area contributed by atoms with Crippen molar-refractivity contribution in [2.75, 3.05) is 0 Å². The molecule has 2 aliphatic carbocycles. The van der Waals surface area contributed by atoms with Crippen molar-refractivity contribution in [2.24, 2.45) is 5.41 Å². The Morgan fingerprint density at radius 3 is 2.65 bits per heavy atom. The van der Waals surface area contributed by atoms with Crippen LogP contribution in [0, 0.1) is 12.3 Å². The standard InChI is InChI=1S/C19H29N/c1-14-6-4-7-15(10-14)16-11-18(12-16)20-17-8-5-9-19(2,3)13-17/h4,6-7,10,16-18,20H,5,8-9,11-13H2,1-3H3. The minimum absolute atomic E-state index is 0.551. The SMILES string of the molecule is Cc1cccc(C2CC(NC3CCCC(C)(C)C3)C2)c1. The van der Waals surface area contributed by atoms with Crippen LogP contribution < -0.4 is 5.32 Å². The third-order valence-corrected chi connectivity index (χ3v) is 5.33. The lowest BCUT2D eigenvalue weighted by Gasteiger charge is -2.42. The van der Waals surface area contributed by atoms with E-state index >= 15 is 0 Å². The highest BCUT2D eigenvalue weighted by Crippen LogP contribution is 2.40. The Bertz CT molecular complexity index is 457. The van der Waals surface area contributed by atoms with Crippen molar-refractivity contribution in [1.29, 1.82) is 0 Å². The van der Waals surface area contributed by atoms with E-state index in [0.29, 0.717) is 5.41 Å². The van der Waals surface area contributed by atoms with Gasteiger partial charge in [0.05, 0.1) is 0 Å². The molecule has 0 aromatic heterocycles. The molecular formula is C19H29N. The molecule has 0 bridgehead atoms. The van der Waals surface area contributed by atoms with E-state index in [0.717, 1.165) is 18.0 Å². The summed E-state index contributed by atoms with van der Waals surface area (Å²) in [6, 6.07) is 10.6. The van der Waals surface area contributed by atoms with E-state index in [1.807, 2.05) is 0 Å². The van der Waals surface area contributed by atoms with Crippen LogP contribution >= 0.6 is 0 Å². The van der Waals surface area contributed by atoms with Gasteiger partial charge in [-0.25, -0.2) is 0 Å². The van der Waals surface area contributed by atoms with E-state index in [9.17, 15) is 0 Å². The van der Waals surface area contributed by atoms with Gasteiger partial charge >= 0.3 is 0 Å². The zero-order valence-electron chi connectivity index (χ0n) is 13.3. The van der Waals surface area contributed by atoms with Crippen molar-refractivity contribution in [1.82, 2.24) is 5.32 Å². The van der Waals surface area contributed by atoms with Gasteiger partial charge in [0.2, 0.25) is 0 Å². The van der Waals surface area contributed by atoms with Gasteiger partial charge in [-0.05, 0) is 55.9 Å². The molecule has 2 saturated carbocycles. The van der Waals surface area contributed by atoms with Gasteiger partial charge in [-0.1, -0.05) is 50.1 Å². The Morgan fingerprint density at radius 2 is 1.95 bits per heavy atom. The molecule has 1 aromatic carbocycles. The number of nitrogens with one attached hydrogen (secondary N) is 1. The normalized spacial score (nSPS) is 32.6. The zero-order valence-corrected chi connectivity index (χ0v) is 13.3. The summed E-state index contributed by atoms with van der Waals surface area (Å²) in [4.78, 5) is 0. The van der Waals surface area contributed by atoms with Gasteiger partial charge in [-0.15, -0.1) is 0 Å². The fraction of sp³-hybridized carbons (Fsp3) is 0.684. The monoisotopic (exact) mass is 271 g/mol. The van der Waals surface area contributed by atoms with Crippen molar-refractivity contribution < 1.29 is 0 Å². The van der Waals surface area contributed by atoms with Gasteiger partial charge < -0.3 is 5.32 Å². The smallest absolute Gasteiger partial charge is 0.00813 e. The van der Waals surface area contributed by atoms with Gasteiger partial charge in [-0.3, -0.25) is 0 Å². The van der Waals surface area contributed by atoms with E-state index in [-0.39, 0.29) is 0 Å². The number of benzene rings is 1. The van der Waals surface area contributed by atoms with Crippen LogP contribution in [0.25, 0.3) is 0 Å². The molecule has 0 heterocycles. The van der Waals surface area contributed by atoms with Crippen molar-refractivity contribution in [3.05, 3.63) is 35.4 Å². The molecule has 110 valence electrons. The second-order valence-electron chi connectivity index (χ2n) is 7.90. The molecule has 1 aromatic rings. The summed E-state index contributed by atoms with van der Waals surface area (Å²) >= 11 is 0. The second kappa shape index (κ2) is 5.52. The minimum Gasteiger partial charge on any atom is -0.311 e. The molecule has 0 spiro atoms. The molecule has 1 N–H and O–H groups in total. The Balaban J connectivity index is 1.49. The van der Waals surface area contributed by atoms with Gasteiger partial charge in [0.25, 0.3) is 0 Å². The Morgan fingerprint density at radius 1 is 1.15 bits per heavy atom. The summed E-state index contributed by atoms with van der Waals surface area (Å²) in [5.41, 5.74) is 3.50. The fourth-order valence-electron chi connectivity index (χ4n) is 4.12. The summed E-state index contributed by atoms with van der Waals surface area (Å²) in [5.74, 6) is 0.795. The predicted molar refractivity (Wildman–Crippen MR) is 86.1 cm³/mol. The summed E-state index contributed by atoms with van der Waals surface area (Å²) in [6.45, 7) is 7.05. The number of aryl methyl sites for hydroxylation is 1. The number of rotatable bonds is 3. The zero-order chi connectivity index (χ0) is 14.2. The van der Waals surface area contributed by atoms with Crippen LogP contribution in [0.2, 0.25) is 0 Å². The molecule has 1 heteroatoms. The van der Waals surface area contributed by atoms with Crippen LogP contribution in [0.15, 0.2) is 24.3 Å². The van der Waals surface area contributed by atoms with Crippen LogP contribution in [-0.2, 0) is 0 Å². The third kappa shape index (κ3) is 3.25. The summed E-state index contributed by atoms with van der Waals surface area (Å²) in [5, 5.41) is 3.93.